The van der Waals surface area contributed by atoms with Crippen LogP contribution in [0.3, 0.4) is 0 Å². The quantitative estimate of drug-likeness (QED) is 0.299. The molecule has 1 heteroatoms. The van der Waals surface area contributed by atoms with Crippen molar-refractivity contribution < 1.29 is 0 Å². The molecule has 0 atom stereocenters. The fourth-order valence-corrected chi connectivity index (χ4v) is 2.93. The molecule has 98 valence electrons. The lowest BCUT2D eigenvalue weighted by molar-refractivity contribution is 1.72. The Kier molecular flexibility index (Phi) is 3.12. The smallest absolute Gasteiger partial charge is 0.127 e. The van der Waals surface area contributed by atoms with Gasteiger partial charge in [-0.25, -0.2) is 0 Å². The summed E-state index contributed by atoms with van der Waals surface area (Å²) in [5, 5.41) is 5.13. The highest BCUT2D eigenvalue weighted by Crippen LogP contribution is 2.27. The first-order valence-corrected chi connectivity index (χ1v) is 10.5. The Hall–Kier alpha value is -2.04. The average Bonchev–Trinajstić information content (AvgIpc) is 2.44. The molecule has 0 saturated carbocycles. The minimum absolute atomic E-state index is 1.15. The molecule has 0 radical (unpaired) electrons. The van der Waals surface area contributed by atoms with Gasteiger partial charge in [-0.1, -0.05) is 74.1 Å². The summed E-state index contributed by atoms with van der Waals surface area (Å²) in [6.45, 7) is 6.84. The zero-order valence-corrected chi connectivity index (χ0v) is 13.2. The molecule has 0 amide bonds. The molecule has 3 aromatic carbocycles. The second kappa shape index (κ2) is 4.81. The third-order valence-electron chi connectivity index (χ3n) is 3.34. The summed E-state index contributed by atoms with van der Waals surface area (Å²) in [5.41, 5.74) is 4.64. The molecule has 0 nitrogen and oxygen atoms in total. The summed E-state index contributed by atoms with van der Waals surface area (Å²) in [5.74, 6) is 3.43. The van der Waals surface area contributed by atoms with Gasteiger partial charge in [0.05, 0.1) is 0 Å². The lowest BCUT2D eigenvalue weighted by Gasteiger charge is -2.07. The predicted molar refractivity (Wildman–Crippen MR) is 91.7 cm³/mol. The van der Waals surface area contributed by atoms with Gasteiger partial charge in [0.2, 0.25) is 0 Å². The zero-order chi connectivity index (χ0) is 14.2. The molecule has 0 saturated heterocycles. The van der Waals surface area contributed by atoms with Crippen molar-refractivity contribution in [2.45, 2.75) is 19.6 Å². The van der Waals surface area contributed by atoms with Crippen molar-refractivity contribution >= 4 is 29.6 Å². The number of fused-ring (bicyclic) bond motifs is 3. The van der Waals surface area contributed by atoms with Crippen LogP contribution in [0.2, 0.25) is 19.6 Å². The Morgan fingerprint density at radius 2 is 1.45 bits per heavy atom. The van der Waals surface area contributed by atoms with E-state index in [-0.39, 0.29) is 0 Å². The van der Waals surface area contributed by atoms with Crippen molar-refractivity contribution in [3.8, 4) is 11.5 Å². The van der Waals surface area contributed by atoms with E-state index in [4.69, 9.17) is 0 Å². The third kappa shape index (κ3) is 2.48. The molecule has 0 spiro atoms. The van der Waals surface area contributed by atoms with E-state index in [1.807, 2.05) is 0 Å². The van der Waals surface area contributed by atoms with Crippen molar-refractivity contribution in [1.82, 2.24) is 0 Å². The van der Waals surface area contributed by atoms with Gasteiger partial charge in [-0.3, -0.25) is 0 Å². The first kappa shape index (κ1) is 13.0. The van der Waals surface area contributed by atoms with Crippen LogP contribution in [-0.4, -0.2) is 8.07 Å². The third-order valence-corrected chi connectivity index (χ3v) is 4.22. The van der Waals surface area contributed by atoms with Gasteiger partial charge in [0, 0.05) is 10.9 Å². The topological polar surface area (TPSA) is 0 Å². The summed E-state index contributed by atoms with van der Waals surface area (Å²) in [7, 11) is -1.36. The van der Waals surface area contributed by atoms with Gasteiger partial charge in [0.25, 0.3) is 0 Å². The number of hydrogen-bond acceptors (Lipinski definition) is 0. The van der Waals surface area contributed by atoms with Crippen molar-refractivity contribution in [3.63, 3.8) is 0 Å². The van der Waals surface area contributed by atoms with Crippen molar-refractivity contribution in [2.24, 2.45) is 0 Å². The lowest BCUT2D eigenvalue weighted by atomic mass is 9.98. The molecule has 3 aromatic rings. The molecule has 3 rings (SSSR count). The Morgan fingerprint density at radius 3 is 2.25 bits per heavy atom. The lowest BCUT2D eigenvalue weighted by Crippen LogP contribution is -2.16. The van der Waals surface area contributed by atoms with Gasteiger partial charge < -0.3 is 0 Å². The van der Waals surface area contributed by atoms with E-state index in [9.17, 15) is 0 Å². The molecule has 0 aliphatic rings. The summed E-state index contributed by atoms with van der Waals surface area (Å²) >= 11 is 0. The maximum absolute atomic E-state index is 3.48. The molecule has 0 N–H and O–H groups in total. The van der Waals surface area contributed by atoms with E-state index in [0.29, 0.717) is 0 Å². The Balaban J connectivity index is 2.37. The summed E-state index contributed by atoms with van der Waals surface area (Å²) in [6, 6.07) is 19.3. The molecular weight excluding hydrogens is 256 g/mol. The predicted octanol–water partition coefficient (Wildman–Crippen LogP) is 5.22. The second-order valence-corrected chi connectivity index (χ2v) is 10.9. The van der Waals surface area contributed by atoms with E-state index in [2.05, 4.69) is 85.7 Å². The fraction of sp³-hybridized carbons (Fsp3) is 0.158. The van der Waals surface area contributed by atoms with Crippen LogP contribution in [0, 0.1) is 11.5 Å². The van der Waals surface area contributed by atoms with E-state index in [0.717, 1.165) is 5.56 Å². The van der Waals surface area contributed by atoms with Crippen LogP contribution in [0.4, 0.5) is 0 Å². The van der Waals surface area contributed by atoms with Crippen LogP contribution >= 0.6 is 0 Å². The highest BCUT2D eigenvalue weighted by molar-refractivity contribution is 6.83. The van der Waals surface area contributed by atoms with Crippen LogP contribution < -0.4 is 0 Å². The second-order valence-electron chi connectivity index (χ2n) is 6.19. The molecular formula is C19H18Si. The van der Waals surface area contributed by atoms with Crippen LogP contribution in [-0.2, 0) is 0 Å². The SMILES string of the molecule is C[Si](C)(C)C#Cc1cccc2ccc3ccccc3c12. The van der Waals surface area contributed by atoms with Crippen molar-refractivity contribution in [2.75, 3.05) is 0 Å². The normalized spacial score (nSPS) is 11.3. The monoisotopic (exact) mass is 274 g/mol. The molecule has 20 heavy (non-hydrogen) atoms. The maximum atomic E-state index is 3.48. The molecule has 0 unspecified atom stereocenters. The number of rotatable bonds is 0. The largest absolute Gasteiger partial charge is 0.129 e. The Bertz CT molecular complexity index is 842. The van der Waals surface area contributed by atoms with Crippen LogP contribution in [0.1, 0.15) is 5.56 Å². The number of hydrogen-bond donors (Lipinski definition) is 0. The first-order chi connectivity index (χ1) is 9.54. The fourth-order valence-electron chi connectivity index (χ4n) is 2.42. The van der Waals surface area contributed by atoms with Gasteiger partial charge in [-0.15, -0.1) is 5.54 Å². The molecule has 0 aromatic heterocycles. The summed E-state index contributed by atoms with van der Waals surface area (Å²) in [6.07, 6.45) is 0. The van der Waals surface area contributed by atoms with E-state index >= 15 is 0 Å². The van der Waals surface area contributed by atoms with E-state index in [1.165, 1.54) is 21.5 Å². The van der Waals surface area contributed by atoms with E-state index in [1.54, 1.807) is 0 Å². The van der Waals surface area contributed by atoms with Crippen LogP contribution in [0.5, 0.6) is 0 Å². The minimum atomic E-state index is -1.36. The van der Waals surface area contributed by atoms with Gasteiger partial charge >= 0.3 is 0 Å². The highest BCUT2D eigenvalue weighted by atomic mass is 28.3. The van der Waals surface area contributed by atoms with Crippen LogP contribution in [0.15, 0.2) is 54.6 Å². The standard InChI is InChI=1S/C19H18Si/c1-20(2,3)14-13-17-9-6-8-16-12-11-15-7-4-5-10-18(15)19(16)17/h4-12H,1-3H3. The van der Waals surface area contributed by atoms with Crippen molar-refractivity contribution in [1.29, 1.82) is 0 Å². The molecule has 0 aliphatic heterocycles. The van der Waals surface area contributed by atoms with Gasteiger partial charge in [-0.05, 0) is 22.2 Å². The Labute approximate surface area is 121 Å². The Morgan fingerprint density at radius 1 is 0.750 bits per heavy atom. The average molecular weight is 274 g/mol. The zero-order valence-electron chi connectivity index (χ0n) is 12.2. The van der Waals surface area contributed by atoms with Gasteiger partial charge in [0.1, 0.15) is 8.07 Å². The van der Waals surface area contributed by atoms with Crippen LogP contribution in [0.25, 0.3) is 21.5 Å². The van der Waals surface area contributed by atoms with Gasteiger partial charge in [0.15, 0.2) is 0 Å². The number of benzene rings is 3. The van der Waals surface area contributed by atoms with Crippen molar-refractivity contribution in [3.05, 3.63) is 60.2 Å². The summed E-state index contributed by atoms with van der Waals surface area (Å²) < 4.78 is 0. The minimum Gasteiger partial charge on any atom is -0.127 e. The summed E-state index contributed by atoms with van der Waals surface area (Å²) in [4.78, 5) is 0. The first-order valence-electron chi connectivity index (χ1n) is 6.98. The van der Waals surface area contributed by atoms with E-state index < -0.39 is 8.07 Å². The molecule has 0 bridgehead atoms. The molecule has 0 fully saturated rings. The molecule has 0 aliphatic carbocycles. The molecule has 0 heterocycles. The highest BCUT2D eigenvalue weighted by Gasteiger charge is 2.08. The van der Waals surface area contributed by atoms with Gasteiger partial charge in [-0.2, -0.15) is 0 Å². The maximum Gasteiger partial charge on any atom is 0.129 e.